The number of carbonyl (C=O) groups is 1. The molecule has 0 aliphatic rings. The van der Waals surface area contributed by atoms with Gasteiger partial charge in [-0.2, -0.15) is 0 Å². The van der Waals surface area contributed by atoms with Gasteiger partial charge < -0.3 is 15.5 Å². The van der Waals surface area contributed by atoms with Crippen molar-refractivity contribution in [3.05, 3.63) is 36.5 Å². The lowest BCUT2D eigenvalue weighted by atomic mass is 10.2. The number of allylic oxidation sites excluding steroid dienone is 1. The first-order valence-electron chi connectivity index (χ1n) is 8.83. The molecule has 1 aromatic rings. The van der Waals surface area contributed by atoms with E-state index >= 15 is 0 Å². The van der Waals surface area contributed by atoms with Crippen LogP contribution in [-0.2, 0) is 4.79 Å². The van der Waals surface area contributed by atoms with E-state index in [0.717, 1.165) is 31.0 Å². The van der Waals surface area contributed by atoms with Crippen LogP contribution >= 0.6 is 24.0 Å². The van der Waals surface area contributed by atoms with Gasteiger partial charge in [0.05, 0.1) is 0 Å². The number of halogens is 1. The number of unbranched alkanes of at least 4 members (excludes halogenated alkanes) is 3. The summed E-state index contributed by atoms with van der Waals surface area (Å²) in [5.74, 6) is 1.34. The average Bonchev–Trinajstić information content (AvgIpc) is 2.58. The van der Waals surface area contributed by atoms with E-state index in [2.05, 4.69) is 32.1 Å². The molecule has 0 bridgehead atoms. The van der Waals surface area contributed by atoms with Crippen LogP contribution in [0.25, 0.3) is 0 Å². The summed E-state index contributed by atoms with van der Waals surface area (Å²) < 4.78 is 0. The second kappa shape index (κ2) is 14.5. The summed E-state index contributed by atoms with van der Waals surface area (Å²) in [4.78, 5) is 22.6. The Morgan fingerprint density at radius 1 is 1.35 bits per heavy atom. The Labute approximate surface area is 174 Å². The van der Waals surface area contributed by atoms with Gasteiger partial charge in [0, 0.05) is 39.3 Å². The highest BCUT2D eigenvalue weighted by Gasteiger charge is 2.07. The fourth-order valence-corrected chi connectivity index (χ4v) is 2.41. The molecule has 0 unspecified atom stereocenters. The molecule has 2 N–H and O–H groups in total. The maximum absolute atomic E-state index is 12.0. The van der Waals surface area contributed by atoms with Gasteiger partial charge >= 0.3 is 0 Å². The number of aryl methyl sites for hydroxylation is 1. The van der Waals surface area contributed by atoms with Crippen molar-refractivity contribution in [1.29, 1.82) is 0 Å². The normalized spacial score (nSPS) is 10.7. The van der Waals surface area contributed by atoms with Crippen molar-refractivity contribution >= 4 is 41.7 Å². The standard InChI is InChI=1S/C19H31N5O.HI/c1-5-6-7-8-9-15-24(4)19(20-3)21-14-13-18(25)23-17-12-10-11-16(2)22-17;/h5,10-12H,1,6-9,13-15H2,2-4H3,(H,20,21)(H,22,23,25);1H. The number of aromatic nitrogens is 1. The summed E-state index contributed by atoms with van der Waals surface area (Å²) in [6.07, 6.45) is 6.87. The number of nitrogens with zero attached hydrogens (tertiary/aromatic N) is 3. The van der Waals surface area contributed by atoms with E-state index in [1.54, 1.807) is 13.1 Å². The largest absolute Gasteiger partial charge is 0.356 e. The Hall–Kier alpha value is -1.64. The van der Waals surface area contributed by atoms with E-state index in [1.807, 2.05) is 32.2 Å². The first-order chi connectivity index (χ1) is 12.1. The molecule has 0 atom stereocenters. The molecule has 0 spiro atoms. The smallest absolute Gasteiger partial charge is 0.227 e. The molecule has 0 saturated heterocycles. The zero-order chi connectivity index (χ0) is 18.5. The fraction of sp³-hybridized carbons (Fsp3) is 0.526. The summed E-state index contributed by atoms with van der Waals surface area (Å²) in [5, 5.41) is 6.03. The van der Waals surface area contributed by atoms with Crippen molar-refractivity contribution in [3.8, 4) is 0 Å². The Morgan fingerprint density at radius 3 is 2.77 bits per heavy atom. The zero-order valence-electron chi connectivity index (χ0n) is 16.1. The predicted octanol–water partition coefficient (Wildman–Crippen LogP) is 3.59. The second-order valence-electron chi connectivity index (χ2n) is 6.00. The highest BCUT2D eigenvalue weighted by atomic mass is 127. The van der Waals surface area contributed by atoms with Crippen LogP contribution in [0.1, 0.15) is 37.8 Å². The maximum Gasteiger partial charge on any atom is 0.227 e. The summed E-state index contributed by atoms with van der Waals surface area (Å²) in [6, 6.07) is 5.56. The first-order valence-corrected chi connectivity index (χ1v) is 8.83. The lowest BCUT2D eigenvalue weighted by molar-refractivity contribution is -0.116. The van der Waals surface area contributed by atoms with Gasteiger partial charge in [-0.05, 0) is 38.3 Å². The first kappa shape index (κ1) is 24.4. The Balaban J connectivity index is 0.00000625. The highest BCUT2D eigenvalue weighted by molar-refractivity contribution is 14.0. The van der Waals surface area contributed by atoms with E-state index in [0.29, 0.717) is 18.8 Å². The van der Waals surface area contributed by atoms with E-state index in [9.17, 15) is 4.79 Å². The quantitative estimate of drug-likeness (QED) is 0.179. The monoisotopic (exact) mass is 473 g/mol. The van der Waals surface area contributed by atoms with Gasteiger partial charge in [-0.1, -0.05) is 18.6 Å². The minimum Gasteiger partial charge on any atom is -0.356 e. The van der Waals surface area contributed by atoms with Gasteiger partial charge in [-0.3, -0.25) is 9.79 Å². The molecule has 1 heterocycles. The number of amides is 1. The van der Waals surface area contributed by atoms with Gasteiger partial charge in [-0.15, -0.1) is 30.6 Å². The third-order valence-electron chi connectivity index (χ3n) is 3.77. The van der Waals surface area contributed by atoms with Crippen molar-refractivity contribution in [2.24, 2.45) is 4.99 Å². The number of nitrogens with one attached hydrogen (secondary N) is 2. The molecule has 1 aromatic heterocycles. The SMILES string of the molecule is C=CCCCCCN(C)C(=NC)NCCC(=O)Nc1cccc(C)n1.I. The molecule has 0 aromatic carbocycles. The zero-order valence-corrected chi connectivity index (χ0v) is 18.5. The second-order valence-corrected chi connectivity index (χ2v) is 6.00. The number of hydrogen-bond acceptors (Lipinski definition) is 3. The summed E-state index contributed by atoms with van der Waals surface area (Å²) in [7, 11) is 3.77. The number of rotatable bonds is 10. The molecule has 7 heteroatoms. The lowest BCUT2D eigenvalue weighted by Crippen LogP contribution is -2.40. The molecule has 0 aliphatic carbocycles. The highest BCUT2D eigenvalue weighted by Crippen LogP contribution is 2.04. The van der Waals surface area contributed by atoms with Crippen LogP contribution in [0.5, 0.6) is 0 Å². The lowest BCUT2D eigenvalue weighted by Gasteiger charge is -2.22. The van der Waals surface area contributed by atoms with Crippen LogP contribution in [0.4, 0.5) is 5.82 Å². The van der Waals surface area contributed by atoms with Crippen molar-refractivity contribution in [1.82, 2.24) is 15.2 Å². The van der Waals surface area contributed by atoms with Gasteiger partial charge in [0.25, 0.3) is 0 Å². The molecule has 0 radical (unpaired) electrons. The van der Waals surface area contributed by atoms with Gasteiger partial charge in [0.2, 0.25) is 5.91 Å². The summed E-state index contributed by atoms with van der Waals surface area (Å²) >= 11 is 0. The number of carbonyl (C=O) groups excluding carboxylic acids is 1. The van der Waals surface area contributed by atoms with E-state index in [4.69, 9.17) is 0 Å². The fourth-order valence-electron chi connectivity index (χ4n) is 2.41. The molecule has 0 saturated carbocycles. The average molecular weight is 473 g/mol. The van der Waals surface area contributed by atoms with Crippen molar-refractivity contribution in [2.75, 3.05) is 32.5 Å². The number of hydrogen-bond donors (Lipinski definition) is 2. The van der Waals surface area contributed by atoms with Crippen LogP contribution in [0.2, 0.25) is 0 Å². The number of pyridine rings is 1. The van der Waals surface area contributed by atoms with E-state index < -0.39 is 0 Å². The van der Waals surface area contributed by atoms with Crippen LogP contribution in [0.3, 0.4) is 0 Å². The number of aliphatic imine (C=N–C) groups is 1. The Bertz CT molecular complexity index is 577. The maximum atomic E-state index is 12.0. The molecule has 6 nitrogen and oxygen atoms in total. The van der Waals surface area contributed by atoms with Crippen LogP contribution in [-0.4, -0.2) is 48.9 Å². The molecule has 146 valence electrons. The molecular weight excluding hydrogens is 441 g/mol. The molecular formula is C19H32IN5O. The number of anilines is 1. The Kier molecular flexibility index (Phi) is 13.6. The predicted molar refractivity (Wildman–Crippen MR) is 120 cm³/mol. The Morgan fingerprint density at radius 2 is 2.12 bits per heavy atom. The van der Waals surface area contributed by atoms with Gasteiger partial charge in [-0.25, -0.2) is 4.98 Å². The van der Waals surface area contributed by atoms with Crippen molar-refractivity contribution in [2.45, 2.75) is 39.0 Å². The number of guanidine groups is 1. The molecule has 1 amide bonds. The molecule has 26 heavy (non-hydrogen) atoms. The van der Waals surface area contributed by atoms with Crippen LogP contribution in [0.15, 0.2) is 35.8 Å². The molecule has 0 fully saturated rings. The van der Waals surface area contributed by atoms with Gasteiger partial charge in [0.15, 0.2) is 5.96 Å². The minimum atomic E-state index is -0.0619. The molecule has 0 aliphatic heterocycles. The van der Waals surface area contributed by atoms with Gasteiger partial charge in [0.1, 0.15) is 5.82 Å². The van der Waals surface area contributed by atoms with Crippen molar-refractivity contribution < 1.29 is 4.79 Å². The molecule has 1 rings (SSSR count). The summed E-state index contributed by atoms with van der Waals surface area (Å²) in [6.45, 7) is 7.11. The topological polar surface area (TPSA) is 69.6 Å². The van der Waals surface area contributed by atoms with Crippen LogP contribution in [0, 0.1) is 6.92 Å². The van der Waals surface area contributed by atoms with Crippen LogP contribution < -0.4 is 10.6 Å². The third-order valence-corrected chi connectivity index (χ3v) is 3.77. The third kappa shape index (κ3) is 10.4. The minimum absolute atomic E-state index is 0. The van der Waals surface area contributed by atoms with E-state index in [-0.39, 0.29) is 29.9 Å². The van der Waals surface area contributed by atoms with Crippen molar-refractivity contribution in [3.63, 3.8) is 0 Å². The van der Waals surface area contributed by atoms with E-state index in [1.165, 1.54) is 12.8 Å². The summed E-state index contributed by atoms with van der Waals surface area (Å²) in [5.41, 5.74) is 0.881.